The van der Waals surface area contributed by atoms with Gasteiger partial charge in [0.2, 0.25) is 5.95 Å². The Morgan fingerprint density at radius 1 is 1.05 bits per heavy atom. The Kier molecular flexibility index (Phi) is 7.72. The van der Waals surface area contributed by atoms with Crippen LogP contribution < -0.4 is 20.7 Å². The minimum absolute atomic E-state index is 0.0287. The molecule has 1 aromatic heterocycles. The molecule has 0 saturated heterocycles. The topological polar surface area (TPSA) is 115 Å². The number of benzene rings is 1. The molecule has 41 heavy (non-hydrogen) atoms. The van der Waals surface area contributed by atoms with Crippen LogP contribution in [0.5, 0.6) is 5.75 Å². The molecule has 1 heterocycles. The molecule has 8 nitrogen and oxygen atoms in total. The Bertz CT molecular complexity index is 1260. The first-order chi connectivity index (χ1) is 19.7. The number of para-hydroxylation sites is 1. The second kappa shape index (κ2) is 11.3. The van der Waals surface area contributed by atoms with Crippen molar-refractivity contribution in [3.05, 3.63) is 41.6 Å². The number of rotatable bonds is 9. The van der Waals surface area contributed by atoms with Crippen LogP contribution in [-0.4, -0.2) is 46.2 Å². The summed E-state index contributed by atoms with van der Waals surface area (Å²) in [5, 5.41) is 30.0. The minimum Gasteiger partial charge on any atom is -0.405 e. The molecular formula is C30H37F3N6O2. The number of nitrogens with zero attached hydrogens (tertiary/aromatic N) is 3. The van der Waals surface area contributed by atoms with Gasteiger partial charge in [-0.2, -0.15) is 10.2 Å². The summed E-state index contributed by atoms with van der Waals surface area (Å²) in [6.07, 6.45) is 6.42. The van der Waals surface area contributed by atoms with E-state index in [0.29, 0.717) is 40.9 Å². The third-order valence-electron chi connectivity index (χ3n) is 9.70. The number of alkyl halides is 3. The van der Waals surface area contributed by atoms with Gasteiger partial charge >= 0.3 is 6.36 Å². The zero-order valence-corrected chi connectivity index (χ0v) is 23.0. The van der Waals surface area contributed by atoms with Gasteiger partial charge in [-0.25, -0.2) is 4.98 Å². The van der Waals surface area contributed by atoms with E-state index >= 15 is 0 Å². The second-order valence-corrected chi connectivity index (χ2v) is 12.6. The van der Waals surface area contributed by atoms with Gasteiger partial charge in [0.05, 0.1) is 12.3 Å². The molecule has 0 amide bonds. The molecule has 5 atom stereocenters. The van der Waals surface area contributed by atoms with Gasteiger partial charge in [0.1, 0.15) is 23.2 Å². The first-order valence-electron chi connectivity index (χ1n) is 14.7. The normalized spacial score (nSPS) is 32.4. The van der Waals surface area contributed by atoms with Gasteiger partial charge in [-0.1, -0.05) is 18.2 Å². The molecule has 4 N–H and O–H groups in total. The summed E-state index contributed by atoms with van der Waals surface area (Å²) < 4.78 is 42.5. The Balaban J connectivity index is 1.10. The van der Waals surface area contributed by atoms with Gasteiger partial charge in [-0.15, -0.1) is 13.2 Å². The first-order valence-corrected chi connectivity index (χ1v) is 14.7. The van der Waals surface area contributed by atoms with Crippen molar-refractivity contribution in [2.75, 3.05) is 17.2 Å². The van der Waals surface area contributed by atoms with Gasteiger partial charge < -0.3 is 25.8 Å². The minimum atomic E-state index is -4.79. The van der Waals surface area contributed by atoms with Crippen molar-refractivity contribution in [3.63, 3.8) is 0 Å². The molecule has 0 spiro atoms. The van der Waals surface area contributed by atoms with Gasteiger partial charge in [0.25, 0.3) is 0 Å². The van der Waals surface area contributed by atoms with E-state index in [4.69, 9.17) is 0 Å². The van der Waals surface area contributed by atoms with Crippen LogP contribution in [0.3, 0.4) is 0 Å². The van der Waals surface area contributed by atoms with Crippen molar-refractivity contribution in [1.29, 1.82) is 5.26 Å². The van der Waals surface area contributed by atoms with Gasteiger partial charge in [0, 0.05) is 30.7 Å². The number of ether oxygens (including phenoxy) is 1. The molecule has 0 aliphatic heterocycles. The molecule has 0 radical (unpaired) electrons. The van der Waals surface area contributed by atoms with Crippen molar-refractivity contribution >= 4 is 11.8 Å². The van der Waals surface area contributed by atoms with Gasteiger partial charge in [0.15, 0.2) is 0 Å². The molecular weight excluding hydrogens is 533 g/mol. The SMILES string of the molecule is N#Cc1cnc(NCc2ccccc2OC(F)(F)F)nc1NCC12CC3CC(C1)C(NC1CCC(O)CC1)[C@H](C3)C2. The van der Waals surface area contributed by atoms with Crippen molar-refractivity contribution in [2.24, 2.45) is 23.2 Å². The maximum atomic E-state index is 12.8. The highest BCUT2D eigenvalue weighted by Crippen LogP contribution is 2.60. The van der Waals surface area contributed by atoms with E-state index in [2.05, 4.69) is 36.7 Å². The lowest BCUT2D eigenvalue weighted by molar-refractivity contribution is -0.274. The number of aliphatic hydroxyl groups is 1. The van der Waals surface area contributed by atoms with E-state index in [1.165, 1.54) is 37.6 Å². The van der Waals surface area contributed by atoms with Gasteiger partial charge in [-0.05, 0) is 87.0 Å². The lowest BCUT2D eigenvalue weighted by atomic mass is 9.47. The fraction of sp³-hybridized carbons (Fsp3) is 0.633. The summed E-state index contributed by atoms with van der Waals surface area (Å²) in [7, 11) is 0. The van der Waals surface area contributed by atoms with Crippen molar-refractivity contribution < 1.29 is 23.0 Å². The van der Waals surface area contributed by atoms with Crippen LogP contribution in [0.1, 0.15) is 68.9 Å². The maximum absolute atomic E-state index is 12.8. The molecule has 1 aromatic carbocycles. The van der Waals surface area contributed by atoms with Crippen molar-refractivity contribution in [2.45, 2.75) is 88.9 Å². The van der Waals surface area contributed by atoms with Crippen LogP contribution in [0.25, 0.3) is 0 Å². The lowest BCUT2D eigenvalue weighted by Crippen LogP contribution is -2.61. The monoisotopic (exact) mass is 570 g/mol. The molecule has 5 aliphatic carbocycles. The highest BCUT2D eigenvalue weighted by molar-refractivity contribution is 5.53. The van der Waals surface area contributed by atoms with Crippen molar-refractivity contribution in [3.8, 4) is 11.8 Å². The molecule has 5 fully saturated rings. The number of hydrogen-bond acceptors (Lipinski definition) is 8. The Morgan fingerprint density at radius 3 is 2.49 bits per heavy atom. The maximum Gasteiger partial charge on any atom is 0.573 e. The summed E-state index contributed by atoms with van der Waals surface area (Å²) in [5.74, 6) is 2.41. The standard InChI is InChI=1S/C30H37F3N6O2/c31-30(32,33)41-25-4-2-1-3-19(25)15-35-28-36-16-22(14-34)27(39-28)37-17-29-11-18-9-20(12-29)26(21(10-18)13-29)38-23-5-7-24(40)8-6-23/h1-4,16,18,20-21,23-24,26,38,40H,5-13,15,17H2,(H2,35,36,37,39)/t18?,20-,21?,23?,24?,26?,29?/m1/s1. The number of aliphatic hydroxyl groups excluding tert-OH is 1. The number of aromatic nitrogens is 2. The molecule has 4 unspecified atom stereocenters. The quantitative estimate of drug-likeness (QED) is 0.319. The highest BCUT2D eigenvalue weighted by atomic mass is 19.4. The predicted octanol–water partition coefficient (Wildman–Crippen LogP) is 5.36. The molecule has 5 saturated carbocycles. The molecule has 5 aliphatic rings. The van der Waals surface area contributed by atoms with Crippen LogP contribution >= 0.6 is 0 Å². The number of nitriles is 1. The van der Waals surface area contributed by atoms with E-state index in [1.807, 2.05) is 0 Å². The summed E-state index contributed by atoms with van der Waals surface area (Å²) in [6.45, 7) is 0.757. The van der Waals surface area contributed by atoms with Crippen LogP contribution in [0.2, 0.25) is 0 Å². The van der Waals surface area contributed by atoms with Crippen molar-refractivity contribution in [1.82, 2.24) is 15.3 Å². The number of hydrogen-bond donors (Lipinski definition) is 4. The van der Waals surface area contributed by atoms with E-state index in [9.17, 15) is 23.5 Å². The van der Waals surface area contributed by atoms with E-state index in [-0.39, 0.29) is 29.8 Å². The molecule has 7 rings (SSSR count). The van der Waals surface area contributed by atoms with Crippen LogP contribution in [-0.2, 0) is 6.54 Å². The van der Waals surface area contributed by atoms with Gasteiger partial charge in [-0.3, -0.25) is 0 Å². The average molecular weight is 571 g/mol. The Hall–Kier alpha value is -3.10. The van der Waals surface area contributed by atoms with Crippen LogP contribution in [0, 0.1) is 34.5 Å². The summed E-state index contributed by atoms with van der Waals surface area (Å²) in [6, 6.07) is 9.14. The van der Waals surface area contributed by atoms with E-state index < -0.39 is 6.36 Å². The Labute approximate surface area is 238 Å². The smallest absolute Gasteiger partial charge is 0.405 e. The third kappa shape index (κ3) is 6.38. The largest absolute Gasteiger partial charge is 0.573 e. The molecule has 2 aromatic rings. The highest BCUT2D eigenvalue weighted by Gasteiger charge is 2.55. The van der Waals surface area contributed by atoms with E-state index in [0.717, 1.165) is 51.0 Å². The molecule has 11 heteroatoms. The zero-order chi connectivity index (χ0) is 28.6. The third-order valence-corrected chi connectivity index (χ3v) is 9.70. The lowest BCUT2D eigenvalue weighted by Gasteiger charge is -2.61. The average Bonchev–Trinajstić information content (AvgIpc) is 2.93. The Morgan fingerprint density at radius 2 is 1.78 bits per heavy atom. The van der Waals surface area contributed by atoms with Crippen LogP contribution in [0.15, 0.2) is 30.5 Å². The second-order valence-electron chi connectivity index (χ2n) is 12.6. The summed E-state index contributed by atoms with van der Waals surface area (Å²) in [5.41, 5.74) is 0.810. The summed E-state index contributed by atoms with van der Waals surface area (Å²) >= 11 is 0. The fourth-order valence-corrected chi connectivity index (χ4v) is 8.20. The number of halogens is 3. The summed E-state index contributed by atoms with van der Waals surface area (Å²) in [4.78, 5) is 8.73. The fourth-order valence-electron chi connectivity index (χ4n) is 8.20. The van der Waals surface area contributed by atoms with E-state index in [1.54, 1.807) is 12.1 Å². The molecule has 220 valence electrons. The predicted molar refractivity (Wildman–Crippen MR) is 147 cm³/mol. The first kappa shape index (κ1) is 28.0. The van der Waals surface area contributed by atoms with Crippen LogP contribution in [0.4, 0.5) is 24.9 Å². The zero-order valence-electron chi connectivity index (χ0n) is 23.0. The number of nitrogens with one attached hydrogen (secondary N) is 3. The number of anilines is 2. The molecule has 4 bridgehead atoms.